The van der Waals surface area contributed by atoms with Gasteiger partial charge in [0.25, 0.3) is 5.91 Å². The first-order valence-electron chi connectivity index (χ1n) is 7.18. The van der Waals surface area contributed by atoms with E-state index in [1.165, 1.54) is 13.2 Å². The predicted molar refractivity (Wildman–Crippen MR) is 87.4 cm³/mol. The minimum absolute atomic E-state index is 0.0613. The van der Waals surface area contributed by atoms with Crippen LogP contribution in [-0.4, -0.2) is 27.2 Å². The fraction of sp³-hybridized carbons (Fsp3) is 0.235. The molecule has 6 heteroatoms. The van der Waals surface area contributed by atoms with E-state index >= 15 is 0 Å². The molecule has 1 heterocycles. The van der Waals surface area contributed by atoms with Crippen molar-refractivity contribution in [3.05, 3.63) is 59.2 Å². The van der Waals surface area contributed by atoms with Gasteiger partial charge in [-0.25, -0.2) is 8.42 Å². The molecule has 1 atom stereocenters. The van der Waals surface area contributed by atoms with Gasteiger partial charge in [-0.3, -0.25) is 4.79 Å². The van der Waals surface area contributed by atoms with Crippen molar-refractivity contribution in [2.24, 2.45) is 0 Å². The molecule has 2 aromatic carbocycles. The van der Waals surface area contributed by atoms with Crippen LogP contribution >= 0.6 is 0 Å². The first kappa shape index (κ1) is 15.7. The van der Waals surface area contributed by atoms with Crippen LogP contribution in [0.2, 0.25) is 0 Å². The minimum atomic E-state index is -3.37. The molecular weight excluding hydrogens is 314 g/mol. The van der Waals surface area contributed by atoms with Gasteiger partial charge in [0.1, 0.15) is 0 Å². The summed E-state index contributed by atoms with van der Waals surface area (Å²) in [5.74, 6) is -0.336. The minimum Gasteiger partial charge on any atom is -0.376 e. The summed E-state index contributed by atoms with van der Waals surface area (Å²) in [6.07, 6.45) is -0.447. The van der Waals surface area contributed by atoms with E-state index in [0.717, 1.165) is 5.56 Å². The van der Waals surface area contributed by atoms with Gasteiger partial charge in [0.2, 0.25) is 0 Å². The van der Waals surface area contributed by atoms with Crippen molar-refractivity contribution in [3.8, 4) is 0 Å². The molecule has 120 valence electrons. The molecule has 0 spiro atoms. The summed E-state index contributed by atoms with van der Waals surface area (Å²) in [6.45, 7) is 1.94. The Labute approximate surface area is 135 Å². The lowest BCUT2D eigenvalue weighted by Gasteiger charge is -2.09. The van der Waals surface area contributed by atoms with Gasteiger partial charge in [-0.2, -0.15) is 0 Å². The van der Waals surface area contributed by atoms with Crippen LogP contribution in [0.1, 0.15) is 27.6 Å². The fourth-order valence-electron chi connectivity index (χ4n) is 2.63. The number of hydrogen-bond donors (Lipinski definition) is 1. The van der Waals surface area contributed by atoms with E-state index < -0.39 is 15.9 Å². The zero-order chi connectivity index (χ0) is 16.6. The number of hydrogen-bond acceptors (Lipinski definition) is 4. The molecule has 0 radical (unpaired) electrons. The van der Waals surface area contributed by atoms with Crippen molar-refractivity contribution in [1.82, 2.24) is 0 Å². The molecule has 3 rings (SSSR count). The van der Waals surface area contributed by atoms with Crippen LogP contribution in [0.25, 0.3) is 0 Å². The molecule has 2 aromatic rings. The molecule has 1 amide bonds. The molecule has 0 fully saturated rings. The number of carbonyl (C=O) groups is 1. The Morgan fingerprint density at radius 3 is 2.52 bits per heavy atom. The van der Waals surface area contributed by atoms with Crippen LogP contribution in [0.3, 0.4) is 0 Å². The Hall–Kier alpha value is -2.18. The summed E-state index contributed by atoms with van der Waals surface area (Å²) in [5, 5.41) is 2.73. The molecule has 5 nitrogen and oxygen atoms in total. The molecule has 0 bridgehead atoms. The van der Waals surface area contributed by atoms with Crippen LogP contribution in [0.5, 0.6) is 0 Å². The Morgan fingerprint density at radius 1 is 1.17 bits per heavy atom. The number of ether oxygens (including phenoxy) is 1. The normalized spacial score (nSPS) is 18.4. The topological polar surface area (TPSA) is 72.5 Å². The van der Waals surface area contributed by atoms with Crippen molar-refractivity contribution >= 4 is 21.4 Å². The second-order valence-corrected chi connectivity index (χ2v) is 7.58. The lowest BCUT2D eigenvalue weighted by Crippen LogP contribution is -2.12. The smallest absolute Gasteiger partial charge is 0.255 e. The second-order valence-electron chi connectivity index (χ2n) is 5.58. The van der Waals surface area contributed by atoms with Crippen molar-refractivity contribution in [2.75, 3.05) is 18.2 Å². The largest absolute Gasteiger partial charge is 0.376 e. The molecule has 1 aliphatic rings. The summed E-state index contributed by atoms with van der Waals surface area (Å²) < 4.78 is 29.6. The molecule has 1 aliphatic heterocycles. The number of nitrogens with one attached hydrogen (secondary N) is 1. The fourth-order valence-corrected chi connectivity index (χ4v) is 4.39. The lowest BCUT2D eigenvalue weighted by atomic mass is 10.1. The van der Waals surface area contributed by atoms with Crippen LogP contribution in [0.4, 0.5) is 5.69 Å². The third-order valence-electron chi connectivity index (χ3n) is 3.92. The van der Waals surface area contributed by atoms with E-state index in [-0.39, 0.29) is 16.6 Å². The number of amides is 1. The number of methoxy groups -OCH3 is 1. The third kappa shape index (κ3) is 3.00. The van der Waals surface area contributed by atoms with Gasteiger partial charge >= 0.3 is 0 Å². The zero-order valence-electron chi connectivity index (χ0n) is 12.9. The average molecular weight is 331 g/mol. The standard InChI is InChI=1S/C17H17NO4S/c1-11-3-5-12(6-4-11)17(19)18-13-7-8-14-15(22-2)10-23(20,21)16(14)9-13/h3-9,15H,10H2,1-2H3,(H,18,19). The highest BCUT2D eigenvalue weighted by Crippen LogP contribution is 2.36. The Balaban J connectivity index is 1.88. The number of fused-ring (bicyclic) bond motifs is 1. The monoisotopic (exact) mass is 331 g/mol. The number of carbonyl (C=O) groups excluding carboxylic acids is 1. The Bertz CT molecular complexity index is 857. The van der Waals surface area contributed by atoms with Gasteiger partial charge < -0.3 is 10.1 Å². The quantitative estimate of drug-likeness (QED) is 0.938. The van der Waals surface area contributed by atoms with Gasteiger partial charge in [0.15, 0.2) is 9.84 Å². The van der Waals surface area contributed by atoms with E-state index in [1.54, 1.807) is 24.3 Å². The Morgan fingerprint density at radius 2 is 1.87 bits per heavy atom. The molecular formula is C17H17NO4S. The summed E-state index contributed by atoms with van der Waals surface area (Å²) in [4.78, 5) is 12.4. The van der Waals surface area contributed by atoms with E-state index in [2.05, 4.69) is 5.32 Å². The van der Waals surface area contributed by atoms with E-state index in [0.29, 0.717) is 16.8 Å². The van der Waals surface area contributed by atoms with E-state index in [1.807, 2.05) is 19.1 Å². The SMILES string of the molecule is COC1CS(=O)(=O)c2cc(NC(=O)c3ccc(C)cc3)ccc21. The molecule has 0 saturated carbocycles. The first-order chi connectivity index (χ1) is 10.9. The van der Waals surface area contributed by atoms with Crippen LogP contribution in [-0.2, 0) is 14.6 Å². The number of aryl methyl sites for hydroxylation is 1. The maximum atomic E-state index is 12.2. The summed E-state index contributed by atoms with van der Waals surface area (Å²) in [7, 11) is -1.88. The molecule has 0 aromatic heterocycles. The highest BCUT2D eigenvalue weighted by atomic mass is 32.2. The number of anilines is 1. The van der Waals surface area contributed by atoms with Crippen molar-refractivity contribution in [2.45, 2.75) is 17.9 Å². The molecule has 23 heavy (non-hydrogen) atoms. The second kappa shape index (κ2) is 5.79. The number of sulfone groups is 1. The molecule has 0 aliphatic carbocycles. The Kier molecular flexibility index (Phi) is 3.95. The van der Waals surface area contributed by atoms with Crippen molar-refractivity contribution < 1.29 is 17.9 Å². The van der Waals surface area contributed by atoms with Gasteiger partial charge in [0.05, 0.1) is 16.8 Å². The molecule has 1 N–H and O–H groups in total. The van der Waals surface area contributed by atoms with Crippen molar-refractivity contribution in [3.63, 3.8) is 0 Å². The number of benzene rings is 2. The van der Waals surface area contributed by atoms with Gasteiger partial charge in [0, 0.05) is 23.9 Å². The van der Waals surface area contributed by atoms with Gasteiger partial charge in [-0.05, 0) is 31.2 Å². The lowest BCUT2D eigenvalue weighted by molar-refractivity contribution is 0.102. The summed E-state index contributed by atoms with van der Waals surface area (Å²) in [5.41, 5.74) is 2.68. The molecule has 1 unspecified atom stereocenters. The predicted octanol–water partition coefficient (Wildman–Crippen LogP) is 2.72. The highest BCUT2D eigenvalue weighted by Gasteiger charge is 2.35. The first-order valence-corrected chi connectivity index (χ1v) is 8.83. The maximum Gasteiger partial charge on any atom is 0.255 e. The average Bonchev–Trinajstić information content (AvgIpc) is 2.78. The molecule has 0 saturated heterocycles. The van der Waals surface area contributed by atoms with E-state index in [4.69, 9.17) is 4.74 Å². The van der Waals surface area contributed by atoms with Crippen LogP contribution < -0.4 is 5.32 Å². The summed E-state index contributed by atoms with van der Waals surface area (Å²) in [6, 6.07) is 12.0. The highest BCUT2D eigenvalue weighted by molar-refractivity contribution is 7.91. The summed E-state index contributed by atoms with van der Waals surface area (Å²) >= 11 is 0. The van der Waals surface area contributed by atoms with Gasteiger partial charge in [-0.15, -0.1) is 0 Å². The third-order valence-corrected chi connectivity index (χ3v) is 5.69. The van der Waals surface area contributed by atoms with E-state index in [9.17, 15) is 13.2 Å². The van der Waals surface area contributed by atoms with Gasteiger partial charge in [-0.1, -0.05) is 23.8 Å². The van der Waals surface area contributed by atoms with Crippen LogP contribution in [0.15, 0.2) is 47.4 Å². The maximum absolute atomic E-state index is 12.2. The zero-order valence-corrected chi connectivity index (χ0v) is 13.7. The van der Waals surface area contributed by atoms with Crippen LogP contribution in [0, 0.1) is 6.92 Å². The van der Waals surface area contributed by atoms with Crippen molar-refractivity contribution in [1.29, 1.82) is 0 Å². The number of rotatable bonds is 3.